The molecule has 3 aliphatic carbocycles. The Bertz CT molecular complexity index is 1250. The van der Waals surface area contributed by atoms with Crippen molar-refractivity contribution in [3.8, 4) is 0 Å². The number of benzene rings is 1. The maximum Gasteiger partial charge on any atom is 0.248 e. The molecule has 41 heavy (non-hydrogen) atoms. The summed E-state index contributed by atoms with van der Waals surface area (Å²) >= 11 is 0. The van der Waals surface area contributed by atoms with Crippen LogP contribution in [-0.4, -0.2) is 58.8 Å². The number of nitrogens with two attached hydrogens (primary N) is 1. The van der Waals surface area contributed by atoms with Crippen molar-refractivity contribution in [2.75, 3.05) is 6.54 Å². The van der Waals surface area contributed by atoms with E-state index in [9.17, 15) is 14.4 Å². The van der Waals surface area contributed by atoms with E-state index in [1.165, 1.54) is 11.1 Å². The number of hydrogen-bond acceptors (Lipinski definition) is 5. The van der Waals surface area contributed by atoms with Crippen molar-refractivity contribution in [1.29, 1.82) is 0 Å². The highest BCUT2D eigenvalue weighted by atomic mass is 16.5. The highest BCUT2D eigenvalue weighted by Gasteiger charge is 2.69. The van der Waals surface area contributed by atoms with Gasteiger partial charge < -0.3 is 20.7 Å². The lowest BCUT2D eigenvalue weighted by Gasteiger charge is -2.34. The number of primary amides is 1. The number of carbonyl (C=O) groups is 3. The van der Waals surface area contributed by atoms with Gasteiger partial charge in [0, 0.05) is 19.0 Å². The van der Waals surface area contributed by atoms with Gasteiger partial charge in [-0.25, -0.2) is 4.99 Å². The normalized spacial score (nSPS) is 26.5. The molecule has 0 aromatic heterocycles. The molecule has 5 atom stereocenters. The monoisotopic (exact) mass is 562 g/mol. The number of amides is 3. The van der Waals surface area contributed by atoms with E-state index in [1.54, 1.807) is 11.8 Å². The average molecular weight is 563 g/mol. The summed E-state index contributed by atoms with van der Waals surface area (Å²) in [7, 11) is 0. The largest absolute Gasteiger partial charge is 0.476 e. The second-order valence-electron chi connectivity index (χ2n) is 14.3. The standard InChI is InChI=1S/C33H46N4O4/c1-18(29(34)38)25(14-20-12-13-20)36-30(39)28-26-24(33(26,6)7)17-37(28)31(40)27(35-19(2)41-32(3,4)5)23-15-21-10-8-9-11-22(21)16-23/h8-11,20,23-28H,1,12-17H2,2-7H3,(H2,34,38)(H,36,39)/t24?,25?,26?,27?,28-/m0/s1. The Kier molecular flexibility index (Phi) is 7.58. The molecule has 4 unspecified atom stereocenters. The van der Waals surface area contributed by atoms with E-state index in [4.69, 9.17) is 15.5 Å². The fourth-order valence-corrected chi connectivity index (χ4v) is 7.23. The van der Waals surface area contributed by atoms with Crippen molar-refractivity contribution in [2.24, 2.45) is 39.8 Å². The summed E-state index contributed by atoms with van der Waals surface area (Å²) in [6.07, 6.45) is 4.29. The number of ether oxygens (including phenoxy) is 1. The highest BCUT2D eigenvalue weighted by Crippen LogP contribution is 2.65. The Morgan fingerprint density at radius 2 is 1.78 bits per heavy atom. The van der Waals surface area contributed by atoms with Gasteiger partial charge in [0.1, 0.15) is 17.7 Å². The Hall–Kier alpha value is -3.16. The molecule has 4 aliphatic rings. The molecule has 0 spiro atoms. The second-order valence-corrected chi connectivity index (χ2v) is 14.3. The molecular formula is C33H46N4O4. The van der Waals surface area contributed by atoms with Crippen LogP contribution in [0.3, 0.4) is 0 Å². The van der Waals surface area contributed by atoms with Crippen molar-refractivity contribution >= 4 is 23.6 Å². The van der Waals surface area contributed by atoms with E-state index in [2.05, 4.69) is 37.9 Å². The van der Waals surface area contributed by atoms with Gasteiger partial charge in [-0.1, -0.05) is 57.5 Å². The first kappa shape index (κ1) is 29.3. The molecule has 1 aliphatic heterocycles. The van der Waals surface area contributed by atoms with E-state index in [0.29, 0.717) is 24.8 Å². The minimum absolute atomic E-state index is 0.0238. The van der Waals surface area contributed by atoms with Gasteiger partial charge in [0.2, 0.25) is 17.7 Å². The molecule has 3 amide bonds. The van der Waals surface area contributed by atoms with E-state index in [0.717, 1.165) is 25.7 Å². The van der Waals surface area contributed by atoms with Gasteiger partial charge >= 0.3 is 0 Å². The van der Waals surface area contributed by atoms with E-state index in [-0.39, 0.29) is 40.6 Å². The number of likely N-dealkylation sites (tertiary alicyclic amines) is 1. The van der Waals surface area contributed by atoms with E-state index < -0.39 is 29.6 Å². The third-order valence-electron chi connectivity index (χ3n) is 9.64. The second kappa shape index (κ2) is 10.6. The number of nitrogens with zero attached hydrogens (tertiary/aromatic N) is 2. The lowest BCUT2D eigenvalue weighted by molar-refractivity contribution is -0.142. The summed E-state index contributed by atoms with van der Waals surface area (Å²) in [6, 6.07) is 6.49. The van der Waals surface area contributed by atoms with Crippen LogP contribution in [0.1, 0.15) is 71.9 Å². The number of hydrogen-bond donors (Lipinski definition) is 2. The molecule has 1 aromatic rings. The summed E-state index contributed by atoms with van der Waals surface area (Å²) in [6.45, 7) is 16.4. The molecule has 8 heteroatoms. The van der Waals surface area contributed by atoms with Crippen LogP contribution in [0.25, 0.3) is 0 Å². The maximum atomic E-state index is 14.5. The molecular weight excluding hydrogens is 516 g/mol. The number of piperidine rings is 1. The summed E-state index contributed by atoms with van der Waals surface area (Å²) in [5, 5.41) is 3.09. The minimum Gasteiger partial charge on any atom is -0.476 e. The van der Waals surface area contributed by atoms with Crippen molar-refractivity contribution < 1.29 is 19.1 Å². The average Bonchev–Trinajstić information content (AvgIpc) is 3.63. The predicted molar refractivity (Wildman–Crippen MR) is 159 cm³/mol. The van der Waals surface area contributed by atoms with Gasteiger partial charge in [0.05, 0.1) is 6.04 Å². The first-order valence-corrected chi connectivity index (χ1v) is 15.1. The number of rotatable bonds is 9. The minimum atomic E-state index is -0.663. The van der Waals surface area contributed by atoms with Crippen molar-refractivity contribution in [2.45, 2.75) is 97.4 Å². The van der Waals surface area contributed by atoms with Crippen LogP contribution in [0.2, 0.25) is 0 Å². The number of fused-ring (bicyclic) bond motifs is 2. The molecule has 8 nitrogen and oxygen atoms in total. The molecule has 3 fully saturated rings. The fraction of sp³-hybridized carbons (Fsp3) is 0.636. The molecule has 3 N–H and O–H groups in total. The summed E-state index contributed by atoms with van der Waals surface area (Å²) in [5.74, 6) is 0.220. The molecule has 1 saturated heterocycles. The van der Waals surface area contributed by atoms with Gasteiger partial charge in [-0.15, -0.1) is 0 Å². The quantitative estimate of drug-likeness (QED) is 0.271. The SMILES string of the molecule is C=C(C(N)=O)C(CC1CC1)NC(=O)[C@@H]1C2C(CN1C(=O)C(N=C(C)OC(C)(C)C)C1Cc3ccccc3C1)C2(C)C. The number of aliphatic imine (C=N–C) groups is 1. The summed E-state index contributed by atoms with van der Waals surface area (Å²) in [4.78, 5) is 47.1. The smallest absolute Gasteiger partial charge is 0.248 e. The van der Waals surface area contributed by atoms with Crippen LogP contribution in [0, 0.1) is 29.1 Å². The first-order chi connectivity index (χ1) is 19.2. The lowest BCUT2D eigenvalue weighted by Crippen LogP contribution is -2.55. The maximum absolute atomic E-state index is 14.5. The number of carbonyl (C=O) groups excluding carboxylic acids is 3. The summed E-state index contributed by atoms with van der Waals surface area (Å²) < 4.78 is 6.05. The zero-order valence-corrected chi connectivity index (χ0v) is 25.4. The molecule has 222 valence electrons. The third kappa shape index (κ3) is 6.07. The van der Waals surface area contributed by atoms with Gasteiger partial charge in [-0.3, -0.25) is 14.4 Å². The fourth-order valence-electron chi connectivity index (χ4n) is 7.23. The Morgan fingerprint density at radius 1 is 1.17 bits per heavy atom. The Labute approximate surface area is 244 Å². The van der Waals surface area contributed by atoms with Crippen LogP contribution in [-0.2, 0) is 32.0 Å². The van der Waals surface area contributed by atoms with Crippen LogP contribution in [0.5, 0.6) is 0 Å². The molecule has 1 heterocycles. The van der Waals surface area contributed by atoms with Crippen molar-refractivity contribution in [3.05, 3.63) is 47.5 Å². The molecule has 5 rings (SSSR count). The molecule has 2 saturated carbocycles. The lowest BCUT2D eigenvalue weighted by atomic mass is 9.93. The van der Waals surface area contributed by atoms with Gasteiger partial charge in [-0.2, -0.15) is 0 Å². The summed E-state index contributed by atoms with van der Waals surface area (Å²) in [5.41, 5.74) is 7.79. The van der Waals surface area contributed by atoms with Crippen molar-refractivity contribution in [1.82, 2.24) is 10.2 Å². The number of nitrogens with one attached hydrogen (secondary N) is 1. The molecule has 0 radical (unpaired) electrons. The molecule has 0 bridgehead atoms. The zero-order chi connectivity index (χ0) is 29.9. The van der Waals surface area contributed by atoms with Gasteiger partial charge in [0.25, 0.3) is 0 Å². The van der Waals surface area contributed by atoms with Crippen molar-refractivity contribution in [3.63, 3.8) is 0 Å². The topological polar surface area (TPSA) is 114 Å². The van der Waals surface area contributed by atoms with E-state index in [1.807, 2.05) is 32.9 Å². The Morgan fingerprint density at radius 3 is 2.32 bits per heavy atom. The van der Waals surface area contributed by atoms with E-state index >= 15 is 0 Å². The van der Waals surface area contributed by atoms with Crippen LogP contribution in [0.15, 0.2) is 41.4 Å². The predicted octanol–water partition coefficient (Wildman–Crippen LogP) is 3.81. The Balaban J connectivity index is 1.42. The van der Waals surface area contributed by atoms with Crippen LogP contribution >= 0.6 is 0 Å². The van der Waals surface area contributed by atoms with Gasteiger partial charge in [-0.05, 0) is 80.2 Å². The highest BCUT2D eigenvalue weighted by molar-refractivity contribution is 5.96. The van der Waals surface area contributed by atoms with Crippen LogP contribution in [0.4, 0.5) is 0 Å². The van der Waals surface area contributed by atoms with Crippen LogP contribution < -0.4 is 11.1 Å². The first-order valence-electron chi connectivity index (χ1n) is 15.1. The third-order valence-corrected chi connectivity index (χ3v) is 9.64. The molecule has 1 aromatic carbocycles. The van der Waals surface area contributed by atoms with Gasteiger partial charge in [0.15, 0.2) is 5.90 Å². The zero-order valence-electron chi connectivity index (χ0n) is 25.4.